The minimum atomic E-state index is -0.119. The Bertz CT molecular complexity index is 766. The van der Waals surface area contributed by atoms with Gasteiger partial charge in [0.15, 0.2) is 0 Å². The van der Waals surface area contributed by atoms with Crippen molar-refractivity contribution in [1.29, 1.82) is 0 Å². The van der Waals surface area contributed by atoms with Gasteiger partial charge in [-0.1, -0.05) is 59.3 Å². The van der Waals surface area contributed by atoms with E-state index in [0.29, 0.717) is 35.4 Å². The topological polar surface area (TPSA) is 57.6 Å². The van der Waals surface area contributed by atoms with Crippen LogP contribution in [0.25, 0.3) is 0 Å². The first-order valence-electron chi connectivity index (χ1n) is 15.6. The van der Waals surface area contributed by atoms with Crippen LogP contribution in [-0.4, -0.2) is 41.4 Å². The molecule has 0 radical (unpaired) electrons. The highest BCUT2D eigenvalue weighted by Gasteiger charge is 2.62. The normalized spacial score (nSPS) is 39.9. The molecule has 4 aliphatic rings. The van der Waals surface area contributed by atoms with Crippen LogP contribution in [0.5, 0.6) is 0 Å². The summed E-state index contributed by atoms with van der Waals surface area (Å²) in [5, 5.41) is 10.9. The van der Waals surface area contributed by atoms with Crippen LogP contribution in [0.4, 0.5) is 0 Å². The van der Waals surface area contributed by atoms with Gasteiger partial charge in [0, 0.05) is 32.9 Å². The van der Waals surface area contributed by atoms with Crippen LogP contribution in [0.15, 0.2) is 0 Å². The van der Waals surface area contributed by atoms with E-state index in [1.165, 1.54) is 51.4 Å². The van der Waals surface area contributed by atoms with Crippen molar-refractivity contribution in [2.75, 3.05) is 13.6 Å². The maximum absolute atomic E-state index is 12.4. The van der Waals surface area contributed by atoms with Crippen molar-refractivity contribution in [2.45, 2.75) is 136 Å². The number of rotatable bonds is 11. The lowest BCUT2D eigenvalue weighted by atomic mass is 9.42. The quantitative estimate of drug-likeness (QED) is 0.305. The number of carbonyl (C=O) groups is 2. The molecular formula is C32H55NO3. The Labute approximate surface area is 221 Å². The standard InChI is InChI=1S/C32H55NO3/c1-5-6-20-33(4)29(36)13-11-9-7-8-10-12-23-21-24-22-25(34)16-18-31(24,2)27-17-19-32(3)26(30(23)27)14-15-28(32)35/h23-24,26-28,30,35H,5-22H2,1-4H3/t23?,24-,26-,27-,28-,30-,31-,32-/m0/s1. The Kier molecular flexibility index (Phi) is 9.27. The van der Waals surface area contributed by atoms with Gasteiger partial charge in [0.2, 0.25) is 5.91 Å². The Morgan fingerprint density at radius 1 is 0.972 bits per heavy atom. The summed E-state index contributed by atoms with van der Waals surface area (Å²) in [6.07, 6.45) is 18.6. The number of carbonyl (C=O) groups excluding carboxylic acids is 2. The molecule has 0 aromatic heterocycles. The fourth-order valence-electron chi connectivity index (χ4n) is 9.41. The summed E-state index contributed by atoms with van der Waals surface area (Å²) in [5.74, 6) is 4.27. The molecule has 0 spiro atoms. The summed E-state index contributed by atoms with van der Waals surface area (Å²) in [7, 11) is 1.94. The molecule has 0 bridgehead atoms. The molecule has 0 aromatic carbocycles. The average Bonchev–Trinajstić information content (AvgIpc) is 3.16. The van der Waals surface area contributed by atoms with Crippen LogP contribution in [0.1, 0.15) is 130 Å². The van der Waals surface area contributed by atoms with Gasteiger partial charge in [-0.15, -0.1) is 0 Å². The van der Waals surface area contributed by atoms with Crippen molar-refractivity contribution in [3.8, 4) is 0 Å². The van der Waals surface area contributed by atoms with Gasteiger partial charge in [0.05, 0.1) is 6.10 Å². The molecular weight excluding hydrogens is 446 g/mol. The highest BCUT2D eigenvalue weighted by molar-refractivity contribution is 5.79. The number of Topliss-reactive ketones (excluding diaryl/α,β-unsaturated/α-hetero) is 1. The van der Waals surface area contributed by atoms with Gasteiger partial charge in [-0.25, -0.2) is 0 Å². The lowest BCUT2D eigenvalue weighted by Crippen LogP contribution is -2.57. The largest absolute Gasteiger partial charge is 0.393 e. The van der Waals surface area contributed by atoms with Crippen molar-refractivity contribution in [2.24, 2.45) is 40.4 Å². The smallest absolute Gasteiger partial charge is 0.222 e. The molecule has 0 saturated heterocycles. The minimum Gasteiger partial charge on any atom is -0.393 e. The molecule has 1 N–H and O–H groups in total. The lowest BCUT2D eigenvalue weighted by molar-refractivity contribution is -0.156. The molecule has 206 valence electrons. The predicted octanol–water partition coefficient (Wildman–Crippen LogP) is 7.17. The average molecular weight is 502 g/mol. The molecule has 4 fully saturated rings. The van der Waals surface area contributed by atoms with Gasteiger partial charge in [0.1, 0.15) is 5.78 Å². The van der Waals surface area contributed by atoms with Crippen molar-refractivity contribution < 1.29 is 14.7 Å². The van der Waals surface area contributed by atoms with Gasteiger partial charge in [-0.3, -0.25) is 9.59 Å². The number of aliphatic hydroxyl groups excluding tert-OH is 1. The number of hydrogen-bond acceptors (Lipinski definition) is 3. The number of ketones is 1. The summed E-state index contributed by atoms with van der Waals surface area (Å²) in [6, 6.07) is 0. The Balaban J connectivity index is 1.30. The van der Waals surface area contributed by atoms with Crippen LogP contribution in [-0.2, 0) is 9.59 Å². The third kappa shape index (κ3) is 5.59. The molecule has 1 unspecified atom stereocenters. The highest BCUT2D eigenvalue weighted by atomic mass is 16.3. The Morgan fingerprint density at radius 2 is 1.69 bits per heavy atom. The van der Waals surface area contributed by atoms with Gasteiger partial charge < -0.3 is 10.0 Å². The van der Waals surface area contributed by atoms with E-state index in [-0.39, 0.29) is 11.5 Å². The Morgan fingerprint density at radius 3 is 2.47 bits per heavy atom. The van der Waals surface area contributed by atoms with Crippen LogP contribution in [0.3, 0.4) is 0 Å². The first-order chi connectivity index (χ1) is 17.2. The highest BCUT2D eigenvalue weighted by Crippen LogP contribution is 2.67. The molecule has 1 amide bonds. The molecule has 0 aliphatic heterocycles. The van der Waals surface area contributed by atoms with Crippen LogP contribution < -0.4 is 0 Å². The van der Waals surface area contributed by atoms with Gasteiger partial charge in [0.25, 0.3) is 0 Å². The van der Waals surface area contributed by atoms with E-state index in [0.717, 1.165) is 75.7 Å². The number of unbranched alkanes of at least 4 members (excludes halogenated alkanes) is 5. The third-order valence-corrected chi connectivity index (χ3v) is 11.8. The molecule has 0 heterocycles. The third-order valence-electron chi connectivity index (χ3n) is 11.8. The maximum Gasteiger partial charge on any atom is 0.222 e. The SMILES string of the molecule is CCCCN(C)C(=O)CCCCCCCC1C[C@H]2CC(=O)CC[C@]2(C)[C@H]2CC[C@]3(C)[C@@H](O)CC[C@H]3[C@H]12. The van der Waals surface area contributed by atoms with E-state index in [9.17, 15) is 14.7 Å². The predicted molar refractivity (Wildman–Crippen MR) is 146 cm³/mol. The second-order valence-electron chi connectivity index (χ2n) is 13.8. The van der Waals surface area contributed by atoms with Crippen LogP contribution in [0, 0.1) is 40.4 Å². The molecule has 36 heavy (non-hydrogen) atoms. The van der Waals surface area contributed by atoms with Crippen LogP contribution in [0.2, 0.25) is 0 Å². The second-order valence-corrected chi connectivity index (χ2v) is 13.8. The van der Waals surface area contributed by atoms with E-state index in [1.54, 1.807) is 0 Å². The van der Waals surface area contributed by atoms with Gasteiger partial charge in [-0.05, 0) is 91.8 Å². The van der Waals surface area contributed by atoms with Crippen molar-refractivity contribution in [3.05, 3.63) is 0 Å². The zero-order valence-corrected chi connectivity index (χ0v) is 23.9. The number of nitrogens with zero attached hydrogens (tertiary/aromatic N) is 1. The lowest BCUT2D eigenvalue weighted by Gasteiger charge is -2.62. The summed E-state index contributed by atoms with van der Waals surface area (Å²) in [5.41, 5.74) is 0.449. The first kappa shape index (κ1) is 28.1. The van der Waals surface area contributed by atoms with Gasteiger partial charge in [-0.2, -0.15) is 0 Å². The molecule has 4 nitrogen and oxygen atoms in total. The molecule has 4 heteroatoms. The molecule has 4 aliphatic carbocycles. The summed E-state index contributed by atoms with van der Waals surface area (Å²) in [4.78, 5) is 26.6. The number of aliphatic hydroxyl groups is 1. The molecule has 0 aromatic rings. The fraction of sp³-hybridized carbons (Fsp3) is 0.938. The number of hydrogen-bond donors (Lipinski definition) is 1. The number of fused-ring (bicyclic) bond motifs is 5. The first-order valence-corrected chi connectivity index (χ1v) is 15.6. The van der Waals surface area contributed by atoms with E-state index in [4.69, 9.17) is 0 Å². The summed E-state index contributed by atoms with van der Waals surface area (Å²) in [6.45, 7) is 7.99. The van der Waals surface area contributed by atoms with Crippen molar-refractivity contribution >= 4 is 11.7 Å². The fourth-order valence-corrected chi connectivity index (χ4v) is 9.41. The number of amides is 1. The van der Waals surface area contributed by atoms with E-state index in [2.05, 4.69) is 20.8 Å². The van der Waals surface area contributed by atoms with Crippen LogP contribution >= 0.6 is 0 Å². The maximum atomic E-state index is 12.4. The second kappa shape index (κ2) is 11.9. The van der Waals surface area contributed by atoms with E-state index in [1.807, 2.05) is 11.9 Å². The van der Waals surface area contributed by atoms with Gasteiger partial charge >= 0.3 is 0 Å². The van der Waals surface area contributed by atoms with Crippen molar-refractivity contribution in [3.63, 3.8) is 0 Å². The summed E-state index contributed by atoms with van der Waals surface area (Å²) < 4.78 is 0. The molecule has 4 saturated carbocycles. The monoisotopic (exact) mass is 501 g/mol. The Hall–Kier alpha value is -0.900. The van der Waals surface area contributed by atoms with E-state index < -0.39 is 0 Å². The zero-order valence-electron chi connectivity index (χ0n) is 23.9. The minimum absolute atomic E-state index is 0.115. The zero-order chi connectivity index (χ0) is 25.9. The molecule has 8 atom stereocenters. The van der Waals surface area contributed by atoms with Crippen molar-refractivity contribution in [1.82, 2.24) is 4.90 Å². The summed E-state index contributed by atoms with van der Waals surface area (Å²) >= 11 is 0. The van der Waals surface area contributed by atoms with E-state index >= 15 is 0 Å². The molecule has 4 rings (SSSR count).